The first kappa shape index (κ1) is 22.9. The maximum absolute atomic E-state index is 12.7. The Bertz CT molecular complexity index is 939. The number of para-hydroxylation sites is 1. The number of hydrogen-bond donors (Lipinski definition) is 3. The predicted octanol–water partition coefficient (Wildman–Crippen LogP) is 5.36. The molecule has 2 rings (SSSR count). The number of nitrogens with one attached hydrogen (secondary N) is 3. The standard InChI is InChI=1S/C21H22F3N3O3/c1-4-29-19(28)20(2,3)18(26)30-17(25)15-7-5-6-8-16(15)27-14-11-9-13(10-12-14)21(22,23)24/h5-12,25-27H,4H2,1-3H3. The zero-order valence-corrected chi connectivity index (χ0v) is 16.7. The molecule has 0 heterocycles. The molecular formula is C21H22F3N3O3. The van der Waals surface area contributed by atoms with Gasteiger partial charge in [0.15, 0.2) is 0 Å². The lowest BCUT2D eigenvalue weighted by molar-refractivity contribution is -0.150. The van der Waals surface area contributed by atoms with Crippen LogP contribution in [0.1, 0.15) is 31.9 Å². The second-order valence-electron chi connectivity index (χ2n) is 6.85. The van der Waals surface area contributed by atoms with E-state index in [4.69, 9.17) is 20.3 Å². The van der Waals surface area contributed by atoms with Crippen molar-refractivity contribution < 1.29 is 27.4 Å². The number of carbonyl (C=O) groups excluding carboxylic acids is 1. The summed E-state index contributed by atoms with van der Waals surface area (Å²) >= 11 is 0. The molecule has 0 saturated carbocycles. The third kappa shape index (κ3) is 5.37. The normalized spacial score (nSPS) is 11.5. The van der Waals surface area contributed by atoms with E-state index in [1.807, 2.05) is 0 Å². The molecule has 9 heteroatoms. The summed E-state index contributed by atoms with van der Waals surface area (Å²) in [5.41, 5.74) is -1.12. The minimum atomic E-state index is -4.43. The molecule has 0 aliphatic rings. The van der Waals surface area contributed by atoms with Gasteiger partial charge >= 0.3 is 12.1 Å². The van der Waals surface area contributed by atoms with Crippen molar-refractivity contribution in [2.24, 2.45) is 5.41 Å². The van der Waals surface area contributed by atoms with Crippen molar-refractivity contribution in [3.05, 3.63) is 59.7 Å². The summed E-state index contributed by atoms with van der Waals surface area (Å²) in [6.07, 6.45) is -4.43. The van der Waals surface area contributed by atoms with Crippen LogP contribution in [0.25, 0.3) is 0 Å². The van der Waals surface area contributed by atoms with Gasteiger partial charge in [-0.25, -0.2) is 0 Å². The van der Waals surface area contributed by atoms with Gasteiger partial charge in [-0.1, -0.05) is 12.1 Å². The topological polar surface area (TPSA) is 95.3 Å². The Balaban J connectivity index is 2.19. The van der Waals surface area contributed by atoms with E-state index in [0.29, 0.717) is 11.4 Å². The number of hydrogen-bond acceptors (Lipinski definition) is 6. The highest BCUT2D eigenvalue weighted by Crippen LogP contribution is 2.31. The van der Waals surface area contributed by atoms with Gasteiger partial charge in [0.2, 0.25) is 11.8 Å². The molecular weight excluding hydrogens is 399 g/mol. The Kier molecular flexibility index (Phi) is 6.86. The molecule has 0 aliphatic carbocycles. The maximum Gasteiger partial charge on any atom is 0.416 e. The summed E-state index contributed by atoms with van der Waals surface area (Å²) in [4.78, 5) is 12.0. The molecule has 0 radical (unpaired) electrons. The molecule has 0 fully saturated rings. The van der Waals surface area contributed by atoms with Crippen molar-refractivity contribution in [2.75, 3.05) is 11.9 Å². The lowest BCUT2D eigenvalue weighted by Gasteiger charge is -2.23. The highest BCUT2D eigenvalue weighted by Gasteiger charge is 2.37. The van der Waals surface area contributed by atoms with Crippen LogP contribution in [-0.4, -0.2) is 24.4 Å². The zero-order chi connectivity index (χ0) is 22.5. The number of rotatable bonds is 6. The summed E-state index contributed by atoms with van der Waals surface area (Å²) in [6, 6.07) is 10.9. The number of alkyl halides is 3. The van der Waals surface area contributed by atoms with E-state index < -0.39 is 34.9 Å². The number of carbonyl (C=O) groups is 1. The van der Waals surface area contributed by atoms with E-state index in [1.165, 1.54) is 26.0 Å². The Labute approximate surface area is 172 Å². The minimum Gasteiger partial charge on any atom is -0.465 e. The summed E-state index contributed by atoms with van der Waals surface area (Å²) < 4.78 is 48.4. The van der Waals surface area contributed by atoms with Crippen LogP contribution in [-0.2, 0) is 20.4 Å². The average Bonchev–Trinajstić information content (AvgIpc) is 2.68. The zero-order valence-electron chi connectivity index (χ0n) is 16.7. The lowest BCUT2D eigenvalue weighted by Crippen LogP contribution is -2.37. The highest BCUT2D eigenvalue weighted by atomic mass is 19.4. The molecule has 0 unspecified atom stereocenters. The van der Waals surface area contributed by atoms with E-state index in [1.54, 1.807) is 31.2 Å². The molecule has 2 aromatic carbocycles. The van der Waals surface area contributed by atoms with E-state index in [-0.39, 0.29) is 12.2 Å². The van der Waals surface area contributed by atoms with Crippen molar-refractivity contribution in [1.29, 1.82) is 10.8 Å². The first-order valence-corrected chi connectivity index (χ1v) is 9.03. The average molecular weight is 421 g/mol. The van der Waals surface area contributed by atoms with Gasteiger partial charge in [-0.15, -0.1) is 0 Å². The molecule has 0 aliphatic heterocycles. The van der Waals surface area contributed by atoms with E-state index >= 15 is 0 Å². The van der Waals surface area contributed by atoms with Crippen molar-refractivity contribution in [1.82, 2.24) is 0 Å². The SMILES string of the molecule is CCOC(=O)C(C)(C)C(=N)OC(=N)c1ccccc1Nc1ccc(C(F)(F)F)cc1. The summed E-state index contributed by atoms with van der Waals surface area (Å²) in [5, 5.41) is 19.2. The van der Waals surface area contributed by atoms with Gasteiger partial charge in [0.05, 0.1) is 23.4 Å². The molecule has 30 heavy (non-hydrogen) atoms. The molecule has 0 atom stereocenters. The van der Waals surface area contributed by atoms with Crippen LogP contribution in [0.5, 0.6) is 0 Å². The molecule has 0 saturated heterocycles. The van der Waals surface area contributed by atoms with Crippen molar-refractivity contribution >= 4 is 29.1 Å². The Hall–Kier alpha value is -3.36. The largest absolute Gasteiger partial charge is 0.465 e. The number of halogens is 3. The van der Waals surface area contributed by atoms with Gasteiger partial charge in [0, 0.05) is 5.69 Å². The molecule has 160 valence electrons. The molecule has 0 bridgehead atoms. The van der Waals surface area contributed by atoms with Crippen molar-refractivity contribution in [2.45, 2.75) is 26.9 Å². The van der Waals surface area contributed by atoms with Crippen LogP contribution in [0.15, 0.2) is 48.5 Å². The van der Waals surface area contributed by atoms with Gasteiger partial charge in [-0.2, -0.15) is 13.2 Å². The van der Waals surface area contributed by atoms with Crippen LogP contribution in [0.4, 0.5) is 24.5 Å². The molecule has 0 spiro atoms. The Morgan fingerprint density at radius 1 is 1.03 bits per heavy atom. The van der Waals surface area contributed by atoms with Crippen LogP contribution in [0.3, 0.4) is 0 Å². The van der Waals surface area contributed by atoms with Gasteiger partial charge < -0.3 is 14.8 Å². The van der Waals surface area contributed by atoms with Crippen LogP contribution >= 0.6 is 0 Å². The quantitative estimate of drug-likeness (QED) is 0.333. The molecule has 3 N–H and O–H groups in total. The highest BCUT2D eigenvalue weighted by molar-refractivity contribution is 6.09. The molecule has 2 aromatic rings. The van der Waals surface area contributed by atoms with Crippen LogP contribution in [0, 0.1) is 16.2 Å². The summed E-state index contributed by atoms with van der Waals surface area (Å²) in [5.74, 6) is -1.51. The first-order valence-electron chi connectivity index (χ1n) is 9.03. The fourth-order valence-electron chi connectivity index (χ4n) is 2.38. The van der Waals surface area contributed by atoms with E-state index in [2.05, 4.69) is 5.32 Å². The monoisotopic (exact) mass is 421 g/mol. The van der Waals surface area contributed by atoms with Gasteiger partial charge in [-0.3, -0.25) is 15.6 Å². The third-order valence-electron chi connectivity index (χ3n) is 4.22. The second kappa shape index (κ2) is 8.98. The molecule has 0 amide bonds. The fourth-order valence-corrected chi connectivity index (χ4v) is 2.38. The smallest absolute Gasteiger partial charge is 0.416 e. The maximum atomic E-state index is 12.7. The summed E-state index contributed by atoms with van der Waals surface area (Å²) in [6.45, 7) is 4.69. The van der Waals surface area contributed by atoms with Crippen molar-refractivity contribution in [3.63, 3.8) is 0 Å². The van der Waals surface area contributed by atoms with Crippen LogP contribution in [0.2, 0.25) is 0 Å². The Morgan fingerprint density at radius 3 is 2.20 bits per heavy atom. The van der Waals surface area contributed by atoms with Crippen molar-refractivity contribution in [3.8, 4) is 0 Å². The predicted molar refractivity (Wildman–Crippen MR) is 107 cm³/mol. The lowest BCUT2D eigenvalue weighted by atomic mass is 9.93. The Morgan fingerprint density at radius 2 is 1.63 bits per heavy atom. The fraction of sp³-hybridized carbons (Fsp3) is 0.286. The van der Waals surface area contributed by atoms with Gasteiger partial charge in [-0.05, 0) is 57.2 Å². The molecule has 0 aromatic heterocycles. The van der Waals surface area contributed by atoms with Gasteiger partial charge in [0.25, 0.3) is 0 Å². The number of ether oxygens (including phenoxy) is 2. The number of esters is 1. The third-order valence-corrected chi connectivity index (χ3v) is 4.22. The minimum absolute atomic E-state index is 0.146. The number of benzene rings is 2. The van der Waals surface area contributed by atoms with E-state index in [9.17, 15) is 18.0 Å². The first-order chi connectivity index (χ1) is 14.0. The second-order valence-corrected chi connectivity index (χ2v) is 6.85. The van der Waals surface area contributed by atoms with E-state index in [0.717, 1.165) is 12.1 Å². The van der Waals surface area contributed by atoms with Gasteiger partial charge in [0.1, 0.15) is 5.41 Å². The summed E-state index contributed by atoms with van der Waals surface area (Å²) in [7, 11) is 0. The number of anilines is 2. The molecule has 6 nitrogen and oxygen atoms in total. The van der Waals surface area contributed by atoms with Crippen LogP contribution < -0.4 is 5.32 Å².